The van der Waals surface area contributed by atoms with Crippen molar-refractivity contribution in [1.82, 2.24) is 14.8 Å². The van der Waals surface area contributed by atoms with Gasteiger partial charge >= 0.3 is 0 Å². The fourth-order valence-electron chi connectivity index (χ4n) is 2.52. The molecule has 2 heterocycles. The first-order chi connectivity index (χ1) is 12.3. The lowest BCUT2D eigenvalue weighted by Gasteiger charge is -2.18. The molecule has 1 N–H and O–H groups in total. The van der Waals surface area contributed by atoms with Crippen molar-refractivity contribution in [2.45, 2.75) is 34.2 Å². The monoisotopic (exact) mass is 348 g/mol. The van der Waals surface area contributed by atoms with Gasteiger partial charge in [0.15, 0.2) is 0 Å². The van der Waals surface area contributed by atoms with Crippen LogP contribution in [0.5, 0.6) is 0 Å². The smallest absolute Gasteiger partial charge is 0.254 e. The molecule has 3 rings (SSSR count). The molecular weight excluding hydrogens is 324 g/mol. The van der Waals surface area contributed by atoms with E-state index in [1.54, 1.807) is 6.20 Å². The second kappa shape index (κ2) is 7.12. The molecule has 0 fully saturated rings. The topological polar surface area (TPSA) is 59.8 Å². The van der Waals surface area contributed by atoms with Crippen LogP contribution in [0.2, 0.25) is 0 Å². The van der Waals surface area contributed by atoms with Crippen molar-refractivity contribution in [3.05, 3.63) is 65.9 Å². The first-order valence-electron chi connectivity index (χ1n) is 8.70. The number of carbonyl (C=O) groups is 1. The Bertz CT molecular complexity index is 890. The largest absolute Gasteiger partial charge is 0.366 e. The summed E-state index contributed by atoms with van der Waals surface area (Å²) in [6, 6.07) is 15.8. The molecule has 2 aromatic heterocycles. The highest BCUT2D eigenvalue weighted by Gasteiger charge is 2.27. The summed E-state index contributed by atoms with van der Waals surface area (Å²) in [5.74, 6) is 0.609. The summed E-state index contributed by atoms with van der Waals surface area (Å²) in [6.45, 7) is 8.35. The number of aryl methyl sites for hydroxylation is 1. The summed E-state index contributed by atoms with van der Waals surface area (Å²) in [4.78, 5) is 17.2. The zero-order valence-electron chi connectivity index (χ0n) is 15.7. The molecule has 26 heavy (non-hydrogen) atoms. The number of rotatable bonds is 4. The third kappa shape index (κ3) is 3.99. The lowest BCUT2D eigenvalue weighted by atomic mass is 9.96. The maximum Gasteiger partial charge on any atom is 0.254 e. The van der Waals surface area contributed by atoms with Gasteiger partial charge in [0.2, 0.25) is 0 Å². The zero-order valence-corrected chi connectivity index (χ0v) is 15.7. The highest BCUT2D eigenvalue weighted by atomic mass is 16.2. The first kappa shape index (κ1) is 17.9. The van der Waals surface area contributed by atoms with E-state index >= 15 is 0 Å². The van der Waals surface area contributed by atoms with Crippen LogP contribution in [0.1, 0.15) is 36.7 Å². The van der Waals surface area contributed by atoms with Crippen molar-refractivity contribution in [2.75, 3.05) is 5.32 Å². The van der Waals surface area contributed by atoms with E-state index in [2.05, 4.69) is 46.6 Å². The average Bonchev–Trinajstić information content (AvgIpc) is 3.04. The number of pyridine rings is 1. The van der Waals surface area contributed by atoms with E-state index < -0.39 is 5.41 Å². The van der Waals surface area contributed by atoms with E-state index in [-0.39, 0.29) is 5.91 Å². The minimum atomic E-state index is -0.534. The molecule has 0 aliphatic heterocycles. The Morgan fingerprint density at radius 2 is 1.81 bits per heavy atom. The zero-order chi connectivity index (χ0) is 18.7. The molecule has 0 bridgehead atoms. The van der Waals surface area contributed by atoms with Gasteiger partial charge in [-0.25, -0.2) is 0 Å². The molecule has 0 saturated heterocycles. The van der Waals surface area contributed by atoms with Crippen LogP contribution >= 0.6 is 0 Å². The van der Waals surface area contributed by atoms with Gasteiger partial charge in [-0.05, 0) is 24.6 Å². The number of nitrogens with zero attached hydrogens (tertiary/aromatic N) is 3. The van der Waals surface area contributed by atoms with Crippen LogP contribution in [0.4, 0.5) is 5.82 Å². The second-order valence-corrected chi connectivity index (χ2v) is 7.44. The summed E-state index contributed by atoms with van der Waals surface area (Å²) in [5.41, 5.74) is 3.25. The fraction of sp³-hybridized carbons (Fsp3) is 0.286. The summed E-state index contributed by atoms with van der Waals surface area (Å²) in [7, 11) is 0. The quantitative estimate of drug-likeness (QED) is 0.751. The number of carbonyl (C=O) groups excluding carboxylic acids is 1. The molecule has 1 aromatic carbocycles. The van der Waals surface area contributed by atoms with Crippen molar-refractivity contribution >= 4 is 11.7 Å². The predicted molar refractivity (Wildman–Crippen MR) is 104 cm³/mol. The Hall–Kier alpha value is -2.95. The van der Waals surface area contributed by atoms with Crippen molar-refractivity contribution < 1.29 is 4.79 Å². The van der Waals surface area contributed by atoms with Gasteiger partial charge in [0.25, 0.3) is 5.91 Å². The van der Waals surface area contributed by atoms with Crippen molar-refractivity contribution in [2.24, 2.45) is 5.41 Å². The van der Waals surface area contributed by atoms with Gasteiger partial charge in [-0.15, -0.1) is 0 Å². The standard InChI is InChI=1S/C21H24N4O/c1-15-8-10-16(11-9-15)14-23-19-13-18(17-7-5-6-12-22-17)24-25(19)20(26)21(2,3)4/h5-13,23H,14H2,1-4H3. The average molecular weight is 348 g/mol. The van der Waals surface area contributed by atoms with Crippen LogP contribution in [0, 0.1) is 12.3 Å². The molecule has 3 aromatic rings. The third-order valence-corrected chi connectivity index (χ3v) is 4.06. The molecule has 5 heteroatoms. The molecule has 0 atom stereocenters. The van der Waals surface area contributed by atoms with Gasteiger partial charge in [-0.2, -0.15) is 9.78 Å². The Morgan fingerprint density at radius 3 is 2.42 bits per heavy atom. The normalized spacial score (nSPS) is 11.4. The number of anilines is 1. The van der Waals surface area contributed by atoms with Crippen LogP contribution in [-0.2, 0) is 6.54 Å². The number of hydrogen-bond donors (Lipinski definition) is 1. The van der Waals surface area contributed by atoms with Gasteiger partial charge in [-0.1, -0.05) is 56.7 Å². The van der Waals surface area contributed by atoms with Gasteiger partial charge < -0.3 is 5.32 Å². The Labute approximate surface area is 154 Å². The van der Waals surface area contributed by atoms with Crippen LogP contribution in [0.25, 0.3) is 11.4 Å². The summed E-state index contributed by atoms with van der Waals surface area (Å²) in [6.07, 6.45) is 1.72. The molecule has 0 radical (unpaired) electrons. The van der Waals surface area contributed by atoms with Crippen molar-refractivity contribution in [3.8, 4) is 11.4 Å². The maximum atomic E-state index is 12.8. The molecule has 0 saturated carbocycles. The molecule has 0 aliphatic carbocycles. The van der Waals surface area contributed by atoms with E-state index in [1.165, 1.54) is 10.2 Å². The van der Waals surface area contributed by atoms with Gasteiger partial charge in [0.05, 0.1) is 5.69 Å². The Morgan fingerprint density at radius 1 is 1.08 bits per heavy atom. The fourth-order valence-corrected chi connectivity index (χ4v) is 2.52. The second-order valence-electron chi connectivity index (χ2n) is 7.44. The molecule has 0 amide bonds. The van der Waals surface area contributed by atoms with Crippen LogP contribution in [-0.4, -0.2) is 20.7 Å². The Balaban J connectivity index is 1.92. The molecule has 134 valence electrons. The summed E-state index contributed by atoms with van der Waals surface area (Å²) < 4.78 is 1.46. The number of aromatic nitrogens is 3. The Kier molecular flexibility index (Phi) is 4.89. The molecular formula is C21H24N4O. The van der Waals surface area contributed by atoms with Crippen LogP contribution in [0.3, 0.4) is 0 Å². The molecule has 0 unspecified atom stereocenters. The van der Waals surface area contributed by atoms with Gasteiger partial charge in [0, 0.05) is 24.2 Å². The summed E-state index contributed by atoms with van der Waals surface area (Å²) >= 11 is 0. The van der Waals surface area contributed by atoms with Crippen LogP contribution in [0.15, 0.2) is 54.7 Å². The van der Waals surface area contributed by atoms with Crippen LogP contribution < -0.4 is 5.32 Å². The van der Waals surface area contributed by atoms with Gasteiger partial charge in [-0.3, -0.25) is 9.78 Å². The number of nitrogens with one attached hydrogen (secondary N) is 1. The molecule has 5 nitrogen and oxygen atoms in total. The van der Waals surface area contributed by atoms with Crippen molar-refractivity contribution in [1.29, 1.82) is 0 Å². The maximum absolute atomic E-state index is 12.8. The van der Waals surface area contributed by atoms with E-state index in [0.717, 1.165) is 11.3 Å². The highest BCUT2D eigenvalue weighted by Crippen LogP contribution is 2.25. The van der Waals surface area contributed by atoms with E-state index in [4.69, 9.17) is 0 Å². The molecule has 0 spiro atoms. The molecule has 0 aliphatic rings. The first-order valence-corrected chi connectivity index (χ1v) is 8.70. The lowest BCUT2D eigenvalue weighted by molar-refractivity contribution is 0.0752. The van der Waals surface area contributed by atoms with Gasteiger partial charge in [0.1, 0.15) is 11.5 Å². The minimum absolute atomic E-state index is 0.0638. The lowest BCUT2D eigenvalue weighted by Crippen LogP contribution is -2.28. The number of hydrogen-bond acceptors (Lipinski definition) is 4. The third-order valence-electron chi connectivity index (χ3n) is 4.06. The minimum Gasteiger partial charge on any atom is -0.366 e. The van der Waals surface area contributed by atoms with E-state index in [0.29, 0.717) is 18.1 Å². The predicted octanol–water partition coefficient (Wildman–Crippen LogP) is 4.55. The summed E-state index contributed by atoms with van der Waals surface area (Å²) in [5, 5.41) is 7.86. The van der Waals surface area contributed by atoms with E-state index in [1.807, 2.05) is 45.0 Å². The van der Waals surface area contributed by atoms with Crippen molar-refractivity contribution in [3.63, 3.8) is 0 Å². The van der Waals surface area contributed by atoms with E-state index in [9.17, 15) is 4.79 Å². The highest BCUT2D eigenvalue weighted by molar-refractivity contribution is 5.87. The number of benzene rings is 1. The SMILES string of the molecule is Cc1ccc(CNc2cc(-c3ccccn3)nn2C(=O)C(C)(C)C)cc1.